The second kappa shape index (κ2) is 9.39. The van der Waals surface area contributed by atoms with Crippen LogP contribution in [0.3, 0.4) is 0 Å². The Labute approximate surface area is 114 Å². The van der Waals surface area contributed by atoms with Gasteiger partial charge < -0.3 is 15.2 Å². The van der Waals surface area contributed by atoms with Gasteiger partial charge in [0.05, 0.1) is 0 Å². The van der Waals surface area contributed by atoms with Crippen LogP contribution in [0.1, 0.15) is 26.2 Å². The van der Waals surface area contributed by atoms with Crippen LogP contribution in [0.25, 0.3) is 0 Å². The Morgan fingerprint density at radius 2 is 1.95 bits per heavy atom. The first-order chi connectivity index (χ1) is 9.22. The first-order valence-electron chi connectivity index (χ1n) is 6.76. The molecule has 0 radical (unpaired) electrons. The molecular formula is C15H23NO3. The molecule has 1 aromatic carbocycles. The number of benzene rings is 1. The average Bonchev–Trinajstić information content (AvgIpc) is 2.43. The molecule has 1 atom stereocenters. The zero-order chi connectivity index (χ0) is 13.9. The largest absolute Gasteiger partial charge is 0.490 e. The van der Waals surface area contributed by atoms with Crippen molar-refractivity contribution in [1.82, 2.24) is 0 Å². The molecule has 0 aliphatic heterocycles. The van der Waals surface area contributed by atoms with E-state index < -0.39 is 0 Å². The molecule has 0 amide bonds. The van der Waals surface area contributed by atoms with E-state index in [0.717, 1.165) is 18.6 Å². The molecule has 4 nitrogen and oxygen atoms in total. The van der Waals surface area contributed by atoms with Crippen molar-refractivity contribution >= 4 is 5.97 Å². The molecule has 0 aromatic heterocycles. The van der Waals surface area contributed by atoms with Gasteiger partial charge in [-0.1, -0.05) is 25.1 Å². The monoisotopic (exact) mass is 265 g/mol. The van der Waals surface area contributed by atoms with Gasteiger partial charge in [0.15, 0.2) is 0 Å². The van der Waals surface area contributed by atoms with Gasteiger partial charge in [-0.15, -0.1) is 0 Å². The summed E-state index contributed by atoms with van der Waals surface area (Å²) in [7, 11) is 0. The summed E-state index contributed by atoms with van der Waals surface area (Å²) in [6.07, 6.45) is 2.23. The van der Waals surface area contributed by atoms with Crippen LogP contribution in [0.2, 0.25) is 0 Å². The number of nitrogens with two attached hydrogens (primary N) is 1. The van der Waals surface area contributed by atoms with Crippen molar-refractivity contribution in [3.8, 4) is 5.75 Å². The molecule has 0 spiro atoms. The summed E-state index contributed by atoms with van der Waals surface area (Å²) in [6, 6.07) is 9.47. The van der Waals surface area contributed by atoms with Crippen LogP contribution >= 0.6 is 0 Å². The van der Waals surface area contributed by atoms with E-state index in [2.05, 4.69) is 6.92 Å². The van der Waals surface area contributed by atoms with E-state index in [-0.39, 0.29) is 5.97 Å². The van der Waals surface area contributed by atoms with Gasteiger partial charge in [0.25, 0.3) is 0 Å². The Bertz CT molecular complexity index is 354. The smallest absolute Gasteiger partial charge is 0.305 e. The van der Waals surface area contributed by atoms with Gasteiger partial charge in [-0.05, 0) is 37.4 Å². The minimum atomic E-state index is -0.166. The number of carbonyl (C=O) groups excluding carboxylic acids is 1. The number of rotatable bonds is 9. The lowest BCUT2D eigenvalue weighted by Gasteiger charge is -2.10. The maximum absolute atomic E-state index is 11.5. The molecule has 1 aromatic rings. The Balaban J connectivity index is 2.04. The van der Waals surface area contributed by atoms with E-state index in [1.54, 1.807) is 0 Å². The summed E-state index contributed by atoms with van der Waals surface area (Å²) in [4.78, 5) is 11.5. The molecule has 1 rings (SSSR count). The molecule has 2 N–H and O–H groups in total. The third-order valence-corrected chi connectivity index (χ3v) is 2.86. The normalized spacial score (nSPS) is 11.9. The second-order valence-electron chi connectivity index (χ2n) is 4.60. The third kappa shape index (κ3) is 7.47. The van der Waals surface area contributed by atoms with Gasteiger partial charge >= 0.3 is 5.97 Å². The van der Waals surface area contributed by atoms with Gasteiger partial charge in [0, 0.05) is 6.42 Å². The Morgan fingerprint density at radius 1 is 1.21 bits per heavy atom. The second-order valence-corrected chi connectivity index (χ2v) is 4.60. The zero-order valence-electron chi connectivity index (χ0n) is 11.5. The summed E-state index contributed by atoms with van der Waals surface area (Å²) < 4.78 is 10.5. The van der Waals surface area contributed by atoms with Crippen molar-refractivity contribution in [3.05, 3.63) is 30.3 Å². The third-order valence-electron chi connectivity index (χ3n) is 2.86. The van der Waals surface area contributed by atoms with Gasteiger partial charge in [-0.25, -0.2) is 0 Å². The maximum Gasteiger partial charge on any atom is 0.305 e. The summed E-state index contributed by atoms with van der Waals surface area (Å²) in [5.74, 6) is 1.09. The van der Waals surface area contributed by atoms with Crippen LogP contribution < -0.4 is 10.5 Å². The Kier molecular flexibility index (Phi) is 7.66. The lowest BCUT2D eigenvalue weighted by Crippen LogP contribution is -2.13. The highest BCUT2D eigenvalue weighted by atomic mass is 16.6. The van der Waals surface area contributed by atoms with E-state index in [1.165, 1.54) is 0 Å². The number of hydrogen-bond donors (Lipinski definition) is 1. The molecule has 0 fully saturated rings. The minimum absolute atomic E-state index is 0.166. The van der Waals surface area contributed by atoms with Gasteiger partial charge in [-0.3, -0.25) is 4.79 Å². The number of para-hydroxylation sites is 1. The van der Waals surface area contributed by atoms with Gasteiger partial charge in [0.2, 0.25) is 0 Å². The fraction of sp³-hybridized carbons (Fsp3) is 0.533. The summed E-state index contributed by atoms with van der Waals surface area (Å²) in [5, 5.41) is 0. The van der Waals surface area contributed by atoms with Gasteiger partial charge in [-0.2, -0.15) is 0 Å². The van der Waals surface area contributed by atoms with Crippen LogP contribution in [0, 0.1) is 5.92 Å². The van der Waals surface area contributed by atoms with E-state index in [4.69, 9.17) is 15.2 Å². The highest BCUT2D eigenvalue weighted by Crippen LogP contribution is 2.10. The summed E-state index contributed by atoms with van der Waals surface area (Å²) in [6.45, 7) is 3.44. The van der Waals surface area contributed by atoms with Crippen molar-refractivity contribution in [1.29, 1.82) is 0 Å². The quantitative estimate of drug-likeness (QED) is 0.550. The van der Waals surface area contributed by atoms with E-state index >= 15 is 0 Å². The standard InChI is InChI=1S/C15H23NO3/c1-13(9-10-16)7-8-15(17)19-12-11-18-14-5-3-2-4-6-14/h2-6,13H,7-12,16H2,1H3. The fourth-order valence-electron chi connectivity index (χ4n) is 1.70. The van der Waals surface area contributed by atoms with Crippen LogP contribution in [0.4, 0.5) is 0 Å². The van der Waals surface area contributed by atoms with E-state index in [9.17, 15) is 4.79 Å². The van der Waals surface area contributed by atoms with Crippen molar-refractivity contribution in [2.24, 2.45) is 11.7 Å². The molecule has 1 unspecified atom stereocenters. The Morgan fingerprint density at radius 3 is 2.63 bits per heavy atom. The topological polar surface area (TPSA) is 61.6 Å². The van der Waals surface area contributed by atoms with Crippen molar-refractivity contribution in [3.63, 3.8) is 0 Å². The van der Waals surface area contributed by atoms with Crippen molar-refractivity contribution < 1.29 is 14.3 Å². The lowest BCUT2D eigenvalue weighted by atomic mass is 10.0. The van der Waals surface area contributed by atoms with E-state index in [0.29, 0.717) is 32.1 Å². The molecule has 4 heteroatoms. The zero-order valence-corrected chi connectivity index (χ0v) is 11.5. The molecule has 0 heterocycles. The average molecular weight is 265 g/mol. The van der Waals surface area contributed by atoms with Crippen LogP contribution in [-0.2, 0) is 9.53 Å². The number of esters is 1. The lowest BCUT2D eigenvalue weighted by molar-refractivity contribution is -0.144. The Hall–Kier alpha value is -1.55. The minimum Gasteiger partial charge on any atom is -0.490 e. The summed E-state index contributed by atoms with van der Waals surface area (Å²) >= 11 is 0. The number of ether oxygens (including phenoxy) is 2. The SMILES string of the molecule is CC(CCN)CCC(=O)OCCOc1ccccc1. The molecule has 0 saturated heterocycles. The molecule has 0 bridgehead atoms. The molecule has 0 aliphatic rings. The highest BCUT2D eigenvalue weighted by molar-refractivity contribution is 5.69. The molecule has 0 saturated carbocycles. The number of carbonyl (C=O) groups is 1. The summed E-state index contributed by atoms with van der Waals surface area (Å²) in [5.41, 5.74) is 5.46. The van der Waals surface area contributed by atoms with Crippen molar-refractivity contribution in [2.45, 2.75) is 26.2 Å². The van der Waals surface area contributed by atoms with E-state index in [1.807, 2.05) is 30.3 Å². The predicted octanol–water partition coefficient (Wildman–Crippen LogP) is 2.37. The first kappa shape index (κ1) is 15.5. The molecule has 106 valence electrons. The highest BCUT2D eigenvalue weighted by Gasteiger charge is 2.07. The van der Waals surface area contributed by atoms with Crippen molar-refractivity contribution in [2.75, 3.05) is 19.8 Å². The molecule has 0 aliphatic carbocycles. The van der Waals surface area contributed by atoms with Crippen LogP contribution in [-0.4, -0.2) is 25.7 Å². The van der Waals surface area contributed by atoms with Gasteiger partial charge in [0.1, 0.15) is 19.0 Å². The number of hydrogen-bond acceptors (Lipinski definition) is 4. The first-order valence-corrected chi connectivity index (χ1v) is 6.76. The maximum atomic E-state index is 11.5. The van der Waals surface area contributed by atoms with Crippen LogP contribution in [0.15, 0.2) is 30.3 Å². The molecule has 19 heavy (non-hydrogen) atoms. The molecular weight excluding hydrogens is 242 g/mol. The van der Waals surface area contributed by atoms with Crippen LogP contribution in [0.5, 0.6) is 5.75 Å². The fourth-order valence-corrected chi connectivity index (χ4v) is 1.70. The predicted molar refractivity (Wildman–Crippen MR) is 75.0 cm³/mol.